The zero-order valence-electron chi connectivity index (χ0n) is 14.5. The van der Waals surface area contributed by atoms with Crippen molar-refractivity contribution in [3.8, 4) is 11.5 Å². The van der Waals surface area contributed by atoms with Gasteiger partial charge in [-0.3, -0.25) is 0 Å². The van der Waals surface area contributed by atoms with Crippen LogP contribution in [0.25, 0.3) is 0 Å². The van der Waals surface area contributed by atoms with E-state index in [0.29, 0.717) is 0 Å². The number of nitrogens with zero attached hydrogens (tertiary/aromatic N) is 2. The van der Waals surface area contributed by atoms with Crippen LogP contribution in [0.15, 0.2) is 58.5 Å². The highest BCUT2D eigenvalue weighted by Gasteiger charge is 2.23. The third-order valence-electron chi connectivity index (χ3n) is 3.84. The number of hydrogen-bond donors (Lipinski definition) is 0. The van der Waals surface area contributed by atoms with Crippen LogP contribution in [-0.2, 0) is 15.0 Å². The molecular weight excluding hydrogens is 352 g/mol. The van der Waals surface area contributed by atoms with E-state index in [0.717, 1.165) is 23.3 Å². The lowest BCUT2D eigenvalue weighted by molar-refractivity contribution is 0.210. The van der Waals surface area contributed by atoms with Gasteiger partial charge in [0.1, 0.15) is 11.5 Å². The minimum absolute atomic E-state index is 0.247. The lowest BCUT2D eigenvalue weighted by Gasteiger charge is -2.26. The Morgan fingerprint density at radius 1 is 0.741 bits per heavy atom. The summed E-state index contributed by atoms with van der Waals surface area (Å²) in [5.41, 5.74) is 1.44. The molecule has 0 atom stereocenters. The van der Waals surface area contributed by atoms with E-state index in [-0.39, 0.29) is 11.5 Å². The first-order valence-electron chi connectivity index (χ1n) is 7.67. The predicted octanol–water partition coefficient (Wildman–Crippen LogP) is 3.68. The third kappa shape index (κ3) is 5.06. The fraction of sp³-hybridized carbons (Fsp3) is 0.158. The van der Waals surface area contributed by atoms with Gasteiger partial charge in [-0.1, -0.05) is 48.1 Å². The minimum atomic E-state index is -1.04. The number of aliphatic imine (C=N–C) groups is 2. The summed E-state index contributed by atoms with van der Waals surface area (Å²) in [6.07, 6.45) is 0.144. The zero-order valence-corrected chi connectivity index (χ0v) is 14.5. The summed E-state index contributed by atoms with van der Waals surface area (Å²) in [6, 6.07) is 13.5. The Bertz CT molecular complexity index is 858. The van der Waals surface area contributed by atoms with Crippen LogP contribution >= 0.6 is 0 Å². The van der Waals surface area contributed by atoms with Crippen LogP contribution in [0.2, 0.25) is 0 Å². The highest BCUT2D eigenvalue weighted by Crippen LogP contribution is 2.33. The average molecular weight is 366 g/mol. The molecule has 2 aromatic carbocycles. The van der Waals surface area contributed by atoms with E-state index in [2.05, 4.69) is 9.98 Å². The molecule has 0 saturated carbocycles. The number of carbonyl (C=O) groups excluding carboxylic acids is 4. The number of amides is 2. The van der Waals surface area contributed by atoms with Crippen LogP contribution in [0.1, 0.15) is 25.0 Å². The number of ether oxygens (including phenoxy) is 2. The van der Waals surface area contributed by atoms with Gasteiger partial charge in [0.05, 0.1) is 0 Å². The predicted molar refractivity (Wildman–Crippen MR) is 93.3 cm³/mol. The number of rotatable bonds is 4. The van der Waals surface area contributed by atoms with Crippen molar-refractivity contribution in [2.45, 2.75) is 19.3 Å². The zero-order chi connectivity index (χ0) is 19.9. The smallest absolute Gasteiger partial charge is 0.408 e. The maximum Gasteiger partial charge on any atom is 0.450 e. The minimum Gasteiger partial charge on any atom is -0.408 e. The van der Waals surface area contributed by atoms with Gasteiger partial charge >= 0.3 is 12.2 Å². The molecule has 0 aliphatic heterocycles. The number of isocyanates is 2. The van der Waals surface area contributed by atoms with Gasteiger partial charge < -0.3 is 9.47 Å². The fourth-order valence-electron chi connectivity index (χ4n) is 2.37. The van der Waals surface area contributed by atoms with Crippen LogP contribution in [0.5, 0.6) is 11.5 Å². The van der Waals surface area contributed by atoms with E-state index >= 15 is 0 Å². The molecule has 0 spiro atoms. The summed E-state index contributed by atoms with van der Waals surface area (Å²) in [7, 11) is 0. The number of hydrogen-bond acceptors (Lipinski definition) is 6. The van der Waals surface area contributed by atoms with Gasteiger partial charge in [-0.15, -0.1) is 0 Å². The molecule has 0 heterocycles. The van der Waals surface area contributed by atoms with Crippen LogP contribution in [0.3, 0.4) is 0 Å². The molecule has 0 aromatic heterocycles. The quantitative estimate of drug-likeness (QED) is 0.603. The van der Waals surface area contributed by atoms with Crippen molar-refractivity contribution in [2.75, 3.05) is 0 Å². The molecule has 0 aliphatic carbocycles. The summed E-state index contributed by atoms with van der Waals surface area (Å²) in [5.74, 6) is 0.494. The highest BCUT2D eigenvalue weighted by molar-refractivity contribution is 5.77. The van der Waals surface area contributed by atoms with Gasteiger partial charge in [-0.05, 0) is 35.4 Å². The van der Waals surface area contributed by atoms with Crippen LogP contribution in [0.4, 0.5) is 9.59 Å². The summed E-state index contributed by atoms with van der Waals surface area (Å²) in [4.78, 5) is 48.0. The van der Waals surface area contributed by atoms with E-state index < -0.39 is 17.6 Å². The van der Waals surface area contributed by atoms with Crippen molar-refractivity contribution in [3.63, 3.8) is 0 Å². The standard InChI is InChI=1S/C19H14N2O6/c1-19(2,13-3-7-15(8-4-13)26-17(24)20-11-22)14-5-9-16(10-6-14)27-18(25)21-12-23/h3-10H,1-2H3. The van der Waals surface area contributed by atoms with Crippen molar-refractivity contribution in [1.82, 2.24) is 0 Å². The Hall–Kier alpha value is -3.86. The summed E-state index contributed by atoms with van der Waals surface area (Å²) < 4.78 is 9.70. The van der Waals surface area contributed by atoms with Gasteiger partial charge in [0.2, 0.25) is 12.2 Å². The largest absolute Gasteiger partial charge is 0.450 e. The number of benzene rings is 2. The Labute approximate surface area is 154 Å². The molecule has 2 amide bonds. The second kappa shape index (κ2) is 8.49. The molecular formula is C19H14N2O6. The molecule has 8 heteroatoms. The van der Waals surface area contributed by atoms with Crippen LogP contribution in [-0.4, -0.2) is 24.3 Å². The van der Waals surface area contributed by atoms with E-state index in [1.807, 2.05) is 13.8 Å². The van der Waals surface area contributed by atoms with Crippen LogP contribution < -0.4 is 9.47 Å². The Kier molecular flexibility index (Phi) is 6.12. The SMILES string of the molecule is CC(C)(c1ccc(OC(=O)N=C=O)cc1)c1ccc(OC(=O)N=C=O)cc1. The first-order chi connectivity index (χ1) is 12.9. The Balaban J connectivity index is 2.17. The van der Waals surface area contributed by atoms with E-state index in [1.54, 1.807) is 48.5 Å². The third-order valence-corrected chi connectivity index (χ3v) is 3.84. The molecule has 0 radical (unpaired) electrons. The van der Waals surface area contributed by atoms with E-state index in [1.165, 1.54) is 0 Å². The van der Waals surface area contributed by atoms with E-state index in [9.17, 15) is 19.2 Å². The molecule has 2 aromatic rings. The second-order valence-corrected chi connectivity index (χ2v) is 5.82. The number of carbonyl (C=O) groups is 2. The molecule has 0 bridgehead atoms. The maximum absolute atomic E-state index is 11.1. The highest BCUT2D eigenvalue weighted by atomic mass is 16.6. The molecule has 0 fully saturated rings. The summed E-state index contributed by atoms with van der Waals surface area (Å²) >= 11 is 0. The van der Waals surface area contributed by atoms with Gasteiger partial charge in [0.15, 0.2) is 0 Å². The maximum atomic E-state index is 11.1. The molecule has 27 heavy (non-hydrogen) atoms. The van der Waals surface area contributed by atoms with Gasteiger partial charge in [0, 0.05) is 5.41 Å². The van der Waals surface area contributed by atoms with Gasteiger partial charge in [-0.2, -0.15) is 0 Å². The van der Waals surface area contributed by atoms with E-state index in [4.69, 9.17) is 9.47 Å². The van der Waals surface area contributed by atoms with Crippen molar-refractivity contribution in [3.05, 3.63) is 59.7 Å². The molecule has 136 valence electrons. The monoisotopic (exact) mass is 366 g/mol. The lowest BCUT2D eigenvalue weighted by Crippen LogP contribution is -2.18. The normalized spacial score (nSPS) is 10.1. The van der Waals surface area contributed by atoms with Crippen molar-refractivity contribution >= 4 is 24.3 Å². The molecule has 2 rings (SSSR count). The first-order valence-corrected chi connectivity index (χ1v) is 7.67. The van der Waals surface area contributed by atoms with Gasteiger partial charge in [0.25, 0.3) is 0 Å². The summed E-state index contributed by atoms with van der Waals surface area (Å²) in [6.45, 7) is 3.98. The first kappa shape index (κ1) is 19.5. The topological polar surface area (TPSA) is 111 Å². The molecule has 0 saturated heterocycles. The average Bonchev–Trinajstić information content (AvgIpc) is 2.63. The Morgan fingerprint density at radius 2 is 1.07 bits per heavy atom. The van der Waals surface area contributed by atoms with Crippen LogP contribution in [0, 0.1) is 0 Å². The van der Waals surface area contributed by atoms with Crippen molar-refractivity contribution < 1.29 is 28.7 Å². The van der Waals surface area contributed by atoms with Crippen molar-refractivity contribution in [1.29, 1.82) is 0 Å². The lowest BCUT2D eigenvalue weighted by atomic mass is 9.78. The Morgan fingerprint density at radius 3 is 1.37 bits per heavy atom. The second-order valence-electron chi connectivity index (χ2n) is 5.82. The molecule has 0 N–H and O–H groups in total. The molecule has 8 nitrogen and oxygen atoms in total. The summed E-state index contributed by atoms with van der Waals surface area (Å²) in [5, 5.41) is 0. The van der Waals surface area contributed by atoms with Crippen molar-refractivity contribution in [2.24, 2.45) is 9.98 Å². The molecule has 0 unspecified atom stereocenters. The fourth-order valence-corrected chi connectivity index (χ4v) is 2.37. The molecule has 0 aliphatic rings. The van der Waals surface area contributed by atoms with Gasteiger partial charge in [-0.25, -0.2) is 19.2 Å².